The van der Waals surface area contributed by atoms with Crippen molar-refractivity contribution >= 4 is 5.78 Å². The minimum absolute atomic E-state index is 0.0116. The number of aromatic hydroxyl groups is 2. The van der Waals surface area contributed by atoms with E-state index in [9.17, 15) is 15.0 Å². The summed E-state index contributed by atoms with van der Waals surface area (Å²) < 4.78 is 0. The van der Waals surface area contributed by atoms with Crippen molar-refractivity contribution in [2.24, 2.45) is 0 Å². The number of carbonyl (C=O) groups is 1. The zero-order chi connectivity index (χ0) is 10.2. The quantitative estimate of drug-likeness (QED) is 0.649. The summed E-state index contributed by atoms with van der Waals surface area (Å²) in [5, 5.41) is 19.0. The van der Waals surface area contributed by atoms with E-state index in [1.807, 2.05) is 0 Å². The van der Waals surface area contributed by atoms with Crippen molar-refractivity contribution in [3.8, 4) is 11.5 Å². The number of phenolic OH excluding ortho intramolecular Hbond substituents is 2. The molecule has 0 aliphatic heterocycles. The summed E-state index contributed by atoms with van der Waals surface area (Å²) in [4.78, 5) is 11.1. The average Bonchev–Trinajstić information content (AvgIpc) is 2.01. The zero-order valence-electron chi connectivity index (χ0n) is 7.88. The predicted octanol–water partition coefficient (Wildman–Crippen LogP) is 1.92. The van der Waals surface area contributed by atoms with E-state index >= 15 is 0 Å². The molecule has 0 radical (unpaired) electrons. The molecule has 0 atom stereocenters. The van der Waals surface area contributed by atoms with Gasteiger partial charge in [-0.1, -0.05) is 0 Å². The molecule has 0 amide bonds. The Morgan fingerprint density at radius 1 is 1.15 bits per heavy atom. The Hall–Kier alpha value is -1.51. The molecule has 0 spiro atoms. The van der Waals surface area contributed by atoms with Crippen LogP contribution in [0, 0.1) is 13.8 Å². The summed E-state index contributed by atoms with van der Waals surface area (Å²) in [7, 11) is 0. The van der Waals surface area contributed by atoms with Crippen molar-refractivity contribution in [3.63, 3.8) is 0 Å². The highest BCUT2D eigenvalue weighted by Gasteiger charge is 2.16. The number of Topliss-reactive ketones (excluding diaryl/α,β-unsaturated/α-hetero) is 1. The second-order valence-electron chi connectivity index (χ2n) is 3.14. The molecule has 2 N–H and O–H groups in total. The standard InChI is InChI=1S/C10H12O3/c1-5-4-6(2)10(13)8(7(3)11)9(5)12/h4,12-13H,1-3H3. The van der Waals surface area contributed by atoms with Gasteiger partial charge in [0.15, 0.2) is 5.78 Å². The van der Waals surface area contributed by atoms with Gasteiger partial charge in [-0.05, 0) is 38.0 Å². The summed E-state index contributed by atoms with van der Waals surface area (Å²) in [6.45, 7) is 4.69. The molecule has 0 aromatic heterocycles. The van der Waals surface area contributed by atoms with Gasteiger partial charge in [0.2, 0.25) is 0 Å². The molecule has 1 aromatic carbocycles. The number of phenols is 2. The second kappa shape index (κ2) is 3.09. The van der Waals surface area contributed by atoms with Crippen molar-refractivity contribution in [1.29, 1.82) is 0 Å². The van der Waals surface area contributed by atoms with Crippen LogP contribution in [0.2, 0.25) is 0 Å². The molecule has 1 aromatic rings. The smallest absolute Gasteiger partial charge is 0.167 e. The molecule has 0 aliphatic carbocycles. The highest BCUT2D eigenvalue weighted by Crippen LogP contribution is 2.33. The highest BCUT2D eigenvalue weighted by molar-refractivity contribution is 6.00. The van der Waals surface area contributed by atoms with E-state index in [4.69, 9.17) is 0 Å². The van der Waals surface area contributed by atoms with Crippen LogP contribution in [0.3, 0.4) is 0 Å². The average molecular weight is 180 g/mol. The van der Waals surface area contributed by atoms with Crippen LogP contribution < -0.4 is 0 Å². The third-order valence-corrected chi connectivity index (χ3v) is 2.01. The van der Waals surface area contributed by atoms with E-state index in [1.54, 1.807) is 19.9 Å². The van der Waals surface area contributed by atoms with Gasteiger partial charge < -0.3 is 10.2 Å². The maximum Gasteiger partial charge on any atom is 0.167 e. The first-order valence-electron chi connectivity index (χ1n) is 3.98. The van der Waals surface area contributed by atoms with Crippen LogP contribution in [0.25, 0.3) is 0 Å². The summed E-state index contributed by atoms with van der Waals surface area (Å²) in [5.41, 5.74) is 1.21. The van der Waals surface area contributed by atoms with Crippen LogP contribution in [-0.4, -0.2) is 16.0 Å². The summed E-state index contributed by atoms with van der Waals surface area (Å²) >= 11 is 0. The van der Waals surface area contributed by atoms with Crippen molar-refractivity contribution < 1.29 is 15.0 Å². The van der Waals surface area contributed by atoms with Crippen LogP contribution >= 0.6 is 0 Å². The summed E-state index contributed by atoms with van der Waals surface area (Å²) in [5.74, 6) is -0.590. The van der Waals surface area contributed by atoms with Crippen LogP contribution in [0.4, 0.5) is 0 Å². The molecule has 0 unspecified atom stereocenters. The third kappa shape index (κ3) is 1.49. The second-order valence-corrected chi connectivity index (χ2v) is 3.14. The van der Waals surface area contributed by atoms with Crippen molar-refractivity contribution in [3.05, 3.63) is 22.8 Å². The maximum atomic E-state index is 11.1. The normalized spacial score (nSPS) is 10.1. The molecule has 0 bridgehead atoms. The molecule has 0 heterocycles. The fraction of sp³-hybridized carbons (Fsp3) is 0.300. The molecule has 13 heavy (non-hydrogen) atoms. The number of rotatable bonds is 1. The molecule has 0 saturated carbocycles. The van der Waals surface area contributed by atoms with Gasteiger partial charge >= 0.3 is 0 Å². The molecular formula is C10H12O3. The van der Waals surface area contributed by atoms with Gasteiger partial charge in [-0.15, -0.1) is 0 Å². The molecule has 3 heteroatoms. The Morgan fingerprint density at radius 3 is 1.85 bits per heavy atom. The van der Waals surface area contributed by atoms with E-state index in [1.165, 1.54) is 6.92 Å². The molecule has 0 aliphatic rings. The summed E-state index contributed by atoms with van der Waals surface area (Å²) in [6.07, 6.45) is 0. The first-order chi connectivity index (χ1) is 5.95. The van der Waals surface area contributed by atoms with Gasteiger partial charge in [-0.2, -0.15) is 0 Å². The van der Waals surface area contributed by atoms with Gasteiger partial charge in [0, 0.05) is 0 Å². The summed E-state index contributed by atoms with van der Waals surface area (Å²) in [6, 6.07) is 1.64. The first-order valence-corrected chi connectivity index (χ1v) is 3.98. The number of hydrogen-bond acceptors (Lipinski definition) is 3. The van der Waals surface area contributed by atoms with Crippen LogP contribution in [-0.2, 0) is 0 Å². The number of hydrogen-bond donors (Lipinski definition) is 2. The third-order valence-electron chi connectivity index (χ3n) is 2.01. The fourth-order valence-electron chi connectivity index (χ4n) is 1.30. The topological polar surface area (TPSA) is 57.5 Å². The van der Waals surface area contributed by atoms with Crippen LogP contribution in [0.1, 0.15) is 28.4 Å². The lowest BCUT2D eigenvalue weighted by molar-refractivity contribution is 0.101. The molecule has 3 nitrogen and oxygen atoms in total. The van der Waals surface area contributed by atoms with Gasteiger partial charge in [-0.3, -0.25) is 4.79 Å². The van der Waals surface area contributed by atoms with Gasteiger partial charge in [0.1, 0.15) is 17.1 Å². The van der Waals surface area contributed by atoms with Crippen molar-refractivity contribution in [2.45, 2.75) is 20.8 Å². The minimum Gasteiger partial charge on any atom is -0.507 e. The van der Waals surface area contributed by atoms with Gasteiger partial charge in [0.25, 0.3) is 0 Å². The molecule has 0 saturated heterocycles. The van der Waals surface area contributed by atoms with E-state index in [0.717, 1.165) is 0 Å². The minimum atomic E-state index is -0.332. The lowest BCUT2D eigenvalue weighted by atomic mass is 10.0. The van der Waals surface area contributed by atoms with E-state index in [2.05, 4.69) is 0 Å². The fourth-order valence-corrected chi connectivity index (χ4v) is 1.30. The van der Waals surface area contributed by atoms with Gasteiger partial charge in [0.05, 0.1) is 0 Å². The molecule has 1 rings (SSSR count). The zero-order valence-corrected chi connectivity index (χ0v) is 7.88. The Kier molecular flexibility index (Phi) is 2.28. The number of ketones is 1. The van der Waals surface area contributed by atoms with Gasteiger partial charge in [-0.25, -0.2) is 0 Å². The molecule has 70 valence electrons. The Bertz CT molecular complexity index is 341. The maximum absolute atomic E-state index is 11.1. The van der Waals surface area contributed by atoms with Crippen LogP contribution in [0.5, 0.6) is 11.5 Å². The van der Waals surface area contributed by atoms with E-state index in [0.29, 0.717) is 11.1 Å². The largest absolute Gasteiger partial charge is 0.507 e. The Labute approximate surface area is 76.6 Å². The Morgan fingerprint density at radius 2 is 1.54 bits per heavy atom. The molecular weight excluding hydrogens is 168 g/mol. The number of carbonyl (C=O) groups excluding carboxylic acids is 1. The van der Waals surface area contributed by atoms with E-state index in [-0.39, 0.29) is 22.8 Å². The first kappa shape index (κ1) is 9.58. The van der Waals surface area contributed by atoms with Crippen molar-refractivity contribution in [1.82, 2.24) is 0 Å². The lowest BCUT2D eigenvalue weighted by Crippen LogP contribution is -1.97. The van der Waals surface area contributed by atoms with E-state index < -0.39 is 0 Å². The number of benzene rings is 1. The lowest BCUT2D eigenvalue weighted by Gasteiger charge is -2.09. The monoisotopic (exact) mass is 180 g/mol. The predicted molar refractivity (Wildman–Crippen MR) is 49.3 cm³/mol. The van der Waals surface area contributed by atoms with Crippen LogP contribution in [0.15, 0.2) is 6.07 Å². The Balaban J connectivity index is 3.56. The van der Waals surface area contributed by atoms with Crippen molar-refractivity contribution in [2.75, 3.05) is 0 Å². The highest BCUT2D eigenvalue weighted by atomic mass is 16.3. The number of aryl methyl sites for hydroxylation is 2. The molecule has 0 fully saturated rings. The SMILES string of the molecule is CC(=O)c1c(O)c(C)cc(C)c1O.